The number of phenolic OH excluding ortho intramolecular Hbond substituents is 1. The number of ether oxygens (including phenoxy) is 1. The molecule has 0 fully saturated rings. The summed E-state index contributed by atoms with van der Waals surface area (Å²) in [5, 5.41) is 18.8. The van der Waals surface area contributed by atoms with Crippen LogP contribution in [0.3, 0.4) is 0 Å². The molecule has 4 nitrogen and oxygen atoms in total. The van der Waals surface area contributed by atoms with Gasteiger partial charge in [0.2, 0.25) is 0 Å². The Morgan fingerprint density at radius 1 is 1.16 bits per heavy atom. The molecule has 2 aromatic rings. The molecule has 0 heterocycles. The fourth-order valence-electron chi connectivity index (χ4n) is 1.88. The number of phenols is 1. The quantitative estimate of drug-likeness (QED) is 0.887. The maximum Gasteiger partial charge on any atom is 0.335 e. The number of carbonyl (C=O) groups is 1. The molecule has 0 spiro atoms. The maximum absolute atomic E-state index is 11.0. The average Bonchev–Trinajstić information content (AvgIpc) is 2.41. The van der Waals surface area contributed by atoms with Crippen molar-refractivity contribution < 1.29 is 19.7 Å². The van der Waals surface area contributed by atoms with E-state index in [1.165, 1.54) is 13.2 Å². The highest BCUT2D eigenvalue weighted by molar-refractivity contribution is 5.89. The molecule has 98 valence electrons. The van der Waals surface area contributed by atoms with E-state index in [0.717, 1.165) is 0 Å². The fraction of sp³-hybridized carbons (Fsp3) is 0.133. The molecule has 19 heavy (non-hydrogen) atoms. The first kappa shape index (κ1) is 13.0. The third-order valence-electron chi connectivity index (χ3n) is 3.00. The molecule has 2 rings (SSSR count). The van der Waals surface area contributed by atoms with Crippen LogP contribution < -0.4 is 4.74 Å². The van der Waals surface area contributed by atoms with Crippen LogP contribution in [0.15, 0.2) is 36.4 Å². The smallest absolute Gasteiger partial charge is 0.335 e. The van der Waals surface area contributed by atoms with E-state index in [-0.39, 0.29) is 11.3 Å². The molecule has 2 N–H and O–H groups in total. The van der Waals surface area contributed by atoms with Crippen LogP contribution in [0.2, 0.25) is 0 Å². The van der Waals surface area contributed by atoms with Crippen molar-refractivity contribution in [3.8, 4) is 22.6 Å². The van der Waals surface area contributed by atoms with Gasteiger partial charge in [0.05, 0.1) is 12.7 Å². The highest BCUT2D eigenvalue weighted by atomic mass is 16.5. The number of aromatic carboxylic acids is 1. The minimum Gasteiger partial charge on any atom is -0.508 e. The Bertz CT molecular complexity index is 632. The van der Waals surface area contributed by atoms with Crippen molar-refractivity contribution in [1.82, 2.24) is 0 Å². The zero-order valence-corrected chi connectivity index (χ0v) is 10.7. The predicted molar refractivity (Wildman–Crippen MR) is 71.8 cm³/mol. The Morgan fingerprint density at radius 2 is 1.89 bits per heavy atom. The van der Waals surface area contributed by atoms with Crippen molar-refractivity contribution in [3.63, 3.8) is 0 Å². The Hall–Kier alpha value is -2.49. The summed E-state index contributed by atoms with van der Waals surface area (Å²) in [5.41, 5.74) is 2.29. The van der Waals surface area contributed by atoms with Gasteiger partial charge in [-0.25, -0.2) is 4.79 Å². The fourth-order valence-corrected chi connectivity index (χ4v) is 1.88. The molecule has 0 atom stereocenters. The Kier molecular flexibility index (Phi) is 3.42. The zero-order valence-electron chi connectivity index (χ0n) is 10.7. The summed E-state index contributed by atoms with van der Waals surface area (Å²) >= 11 is 0. The normalized spacial score (nSPS) is 10.2. The Morgan fingerprint density at radius 3 is 2.53 bits per heavy atom. The van der Waals surface area contributed by atoms with Gasteiger partial charge in [0.25, 0.3) is 0 Å². The van der Waals surface area contributed by atoms with E-state index in [2.05, 4.69) is 0 Å². The van der Waals surface area contributed by atoms with Gasteiger partial charge in [0, 0.05) is 5.56 Å². The van der Waals surface area contributed by atoms with E-state index in [0.29, 0.717) is 22.4 Å². The van der Waals surface area contributed by atoms with Crippen molar-refractivity contribution in [2.75, 3.05) is 7.11 Å². The van der Waals surface area contributed by atoms with Gasteiger partial charge in [0.1, 0.15) is 11.5 Å². The predicted octanol–water partition coefficient (Wildman–Crippen LogP) is 3.07. The van der Waals surface area contributed by atoms with Gasteiger partial charge in [-0.05, 0) is 42.3 Å². The summed E-state index contributed by atoms with van der Waals surface area (Å²) in [6, 6.07) is 9.91. The largest absolute Gasteiger partial charge is 0.508 e. The lowest BCUT2D eigenvalue weighted by Gasteiger charge is -2.10. The molecule has 0 unspecified atom stereocenters. The highest BCUT2D eigenvalue weighted by Gasteiger charge is 2.10. The highest BCUT2D eigenvalue weighted by Crippen LogP contribution is 2.33. The molecule has 0 aliphatic rings. The van der Waals surface area contributed by atoms with Crippen molar-refractivity contribution >= 4 is 5.97 Å². The second-order valence-corrected chi connectivity index (χ2v) is 4.21. The number of hydrogen-bond acceptors (Lipinski definition) is 3. The van der Waals surface area contributed by atoms with Crippen LogP contribution in [0.25, 0.3) is 11.1 Å². The van der Waals surface area contributed by atoms with Gasteiger partial charge in [-0.15, -0.1) is 0 Å². The summed E-state index contributed by atoms with van der Waals surface area (Å²) in [6.07, 6.45) is 0. The van der Waals surface area contributed by atoms with Crippen LogP contribution in [0.5, 0.6) is 11.5 Å². The molecule has 0 radical (unpaired) electrons. The molecule has 0 aromatic heterocycles. The first-order chi connectivity index (χ1) is 9.02. The maximum atomic E-state index is 11.0. The number of benzene rings is 2. The number of carboxylic acid groups (broad SMARTS) is 1. The first-order valence-corrected chi connectivity index (χ1v) is 5.74. The van der Waals surface area contributed by atoms with Crippen molar-refractivity contribution in [3.05, 3.63) is 47.5 Å². The van der Waals surface area contributed by atoms with Crippen LogP contribution >= 0.6 is 0 Å². The van der Waals surface area contributed by atoms with E-state index < -0.39 is 5.97 Å². The van der Waals surface area contributed by atoms with Crippen LogP contribution in [-0.2, 0) is 0 Å². The Labute approximate surface area is 110 Å². The number of carboxylic acids is 1. The summed E-state index contributed by atoms with van der Waals surface area (Å²) in [5.74, 6) is -0.295. The molecule has 0 bridgehead atoms. The van der Waals surface area contributed by atoms with E-state index in [1.54, 1.807) is 37.3 Å². The summed E-state index contributed by atoms with van der Waals surface area (Å²) in [4.78, 5) is 11.0. The van der Waals surface area contributed by atoms with Gasteiger partial charge < -0.3 is 14.9 Å². The van der Waals surface area contributed by atoms with E-state index in [4.69, 9.17) is 9.84 Å². The van der Waals surface area contributed by atoms with E-state index in [9.17, 15) is 9.90 Å². The van der Waals surface area contributed by atoms with Gasteiger partial charge in [-0.3, -0.25) is 0 Å². The van der Waals surface area contributed by atoms with Gasteiger partial charge in [0.15, 0.2) is 0 Å². The van der Waals surface area contributed by atoms with Crippen LogP contribution in [0.1, 0.15) is 15.9 Å². The second-order valence-electron chi connectivity index (χ2n) is 4.21. The zero-order chi connectivity index (χ0) is 14.0. The standard InChI is InChI=1S/C15H14O4/c1-9-13(16)7-12(8-14(9)19-2)10-4-3-5-11(6-10)15(17)18/h3-8,16H,1-2H3,(H,17,18). The monoisotopic (exact) mass is 258 g/mol. The number of hydrogen-bond donors (Lipinski definition) is 2. The summed E-state index contributed by atoms with van der Waals surface area (Å²) in [7, 11) is 1.53. The number of aromatic hydroxyl groups is 1. The van der Waals surface area contributed by atoms with Crippen LogP contribution in [0, 0.1) is 6.92 Å². The topological polar surface area (TPSA) is 66.8 Å². The lowest BCUT2D eigenvalue weighted by atomic mass is 10.0. The molecule has 0 saturated heterocycles. The molecule has 0 saturated carbocycles. The molecular formula is C15H14O4. The molecule has 0 amide bonds. The van der Waals surface area contributed by atoms with Crippen molar-refractivity contribution in [2.45, 2.75) is 6.92 Å². The summed E-state index contributed by atoms with van der Waals surface area (Å²) < 4.78 is 5.19. The SMILES string of the molecule is COc1cc(-c2cccc(C(=O)O)c2)cc(O)c1C. The van der Waals surface area contributed by atoms with Crippen molar-refractivity contribution in [1.29, 1.82) is 0 Å². The third kappa shape index (κ3) is 2.52. The molecule has 2 aromatic carbocycles. The molecular weight excluding hydrogens is 244 g/mol. The lowest BCUT2D eigenvalue weighted by Crippen LogP contribution is -1.96. The Balaban J connectivity index is 2.56. The summed E-state index contributed by atoms with van der Waals surface area (Å²) in [6.45, 7) is 1.76. The van der Waals surface area contributed by atoms with Gasteiger partial charge >= 0.3 is 5.97 Å². The van der Waals surface area contributed by atoms with Gasteiger partial charge in [-0.1, -0.05) is 12.1 Å². The van der Waals surface area contributed by atoms with E-state index >= 15 is 0 Å². The van der Waals surface area contributed by atoms with E-state index in [1.807, 2.05) is 0 Å². The molecule has 0 aliphatic heterocycles. The van der Waals surface area contributed by atoms with Crippen molar-refractivity contribution in [2.24, 2.45) is 0 Å². The van der Waals surface area contributed by atoms with Crippen LogP contribution in [0.4, 0.5) is 0 Å². The number of methoxy groups -OCH3 is 1. The second kappa shape index (κ2) is 5.02. The first-order valence-electron chi connectivity index (χ1n) is 5.74. The minimum absolute atomic E-state index is 0.120. The molecule has 4 heteroatoms. The minimum atomic E-state index is -0.981. The van der Waals surface area contributed by atoms with Gasteiger partial charge in [-0.2, -0.15) is 0 Å². The lowest BCUT2D eigenvalue weighted by molar-refractivity contribution is 0.0697. The number of rotatable bonds is 3. The third-order valence-corrected chi connectivity index (χ3v) is 3.00. The molecule has 0 aliphatic carbocycles. The average molecular weight is 258 g/mol. The van der Waals surface area contributed by atoms with Crippen LogP contribution in [-0.4, -0.2) is 23.3 Å².